The fraction of sp³-hybridized carbons (Fsp3) is 0.0625. The second-order valence-electron chi connectivity index (χ2n) is 5.54. The first-order valence-electron chi connectivity index (χ1n) is 7.40. The SMILES string of the molecule is O=c1cc(C(F)(F)F)c2ccc(NS(=O)(=O)c3ccc([N+](=O)[O-])cc3)cc2o1. The Bertz CT molecular complexity index is 1230. The lowest BCUT2D eigenvalue weighted by Gasteiger charge is -2.11. The van der Waals surface area contributed by atoms with Gasteiger partial charge < -0.3 is 4.42 Å². The summed E-state index contributed by atoms with van der Waals surface area (Å²) in [5, 5.41) is 10.2. The van der Waals surface area contributed by atoms with Gasteiger partial charge in [-0.15, -0.1) is 0 Å². The summed E-state index contributed by atoms with van der Waals surface area (Å²) in [7, 11) is -4.19. The van der Waals surface area contributed by atoms with Crippen molar-refractivity contribution in [2.75, 3.05) is 4.72 Å². The van der Waals surface area contributed by atoms with Crippen LogP contribution in [0.25, 0.3) is 11.0 Å². The van der Waals surface area contributed by atoms with Crippen LogP contribution in [0.3, 0.4) is 0 Å². The first kappa shape index (κ1) is 19.4. The molecule has 0 aliphatic carbocycles. The zero-order chi connectivity index (χ0) is 20.7. The van der Waals surface area contributed by atoms with Gasteiger partial charge in [0.15, 0.2) is 0 Å². The van der Waals surface area contributed by atoms with Gasteiger partial charge in [0, 0.05) is 29.7 Å². The standard InChI is InChI=1S/C16H9F3N2O6S/c17-16(18,19)13-8-15(22)27-14-7-9(1-6-12(13)14)20-28(25,26)11-4-2-10(3-5-11)21(23)24/h1-8,20H. The number of rotatable bonds is 4. The fourth-order valence-electron chi connectivity index (χ4n) is 2.42. The summed E-state index contributed by atoms with van der Waals surface area (Å²) in [6.07, 6.45) is -4.80. The third-order valence-corrected chi connectivity index (χ3v) is 5.06. The van der Waals surface area contributed by atoms with Crippen molar-refractivity contribution in [3.05, 3.63) is 74.6 Å². The predicted molar refractivity (Wildman–Crippen MR) is 91.4 cm³/mol. The molecule has 0 amide bonds. The van der Waals surface area contributed by atoms with Gasteiger partial charge in [0.2, 0.25) is 0 Å². The van der Waals surface area contributed by atoms with Crippen LogP contribution in [-0.2, 0) is 16.2 Å². The third-order valence-electron chi connectivity index (χ3n) is 3.66. The Hall–Kier alpha value is -3.41. The van der Waals surface area contributed by atoms with E-state index in [9.17, 15) is 36.5 Å². The molecule has 8 nitrogen and oxygen atoms in total. The molecule has 0 saturated carbocycles. The lowest BCUT2D eigenvalue weighted by Crippen LogP contribution is -2.14. The molecule has 0 bridgehead atoms. The van der Waals surface area contributed by atoms with E-state index in [0.29, 0.717) is 6.07 Å². The zero-order valence-electron chi connectivity index (χ0n) is 13.6. The van der Waals surface area contributed by atoms with E-state index < -0.39 is 43.3 Å². The summed E-state index contributed by atoms with van der Waals surface area (Å²) in [4.78, 5) is 21.0. The van der Waals surface area contributed by atoms with Gasteiger partial charge >= 0.3 is 11.8 Å². The number of nitrogens with zero attached hydrogens (tertiary/aromatic N) is 1. The highest BCUT2D eigenvalue weighted by Crippen LogP contribution is 2.34. The first-order chi connectivity index (χ1) is 13.0. The van der Waals surface area contributed by atoms with E-state index in [4.69, 9.17) is 4.42 Å². The largest absolute Gasteiger partial charge is 0.423 e. The van der Waals surface area contributed by atoms with Crippen LogP contribution < -0.4 is 10.3 Å². The molecule has 0 spiro atoms. The molecular formula is C16H9F3N2O6S. The number of nitro benzene ring substituents is 1. The number of hydrogen-bond donors (Lipinski definition) is 1. The van der Waals surface area contributed by atoms with Crippen molar-refractivity contribution in [3.63, 3.8) is 0 Å². The third kappa shape index (κ3) is 3.81. The quantitative estimate of drug-likeness (QED) is 0.396. The Kier molecular flexibility index (Phi) is 4.59. The van der Waals surface area contributed by atoms with Gasteiger partial charge in [-0.05, 0) is 24.3 Å². The Morgan fingerprint density at radius 2 is 1.68 bits per heavy atom. The minimum atomic E-state index is -4.80. The van der Waals surface area contributed by atoms with Gasteiger partial charge in [-0.1, -0.05) is 0 Å². The fourth-order valence-corrected chi connectivity index (χ4v) is 3.47. The molecule has 146 valence electrons. The normalized spacial score (nSPS) is 12.1. The molecule has 0 aliphatic rings. The summed E-state index contributed by atoms with van der Waals surface area (Å²) in [5.74, 6) is 0. The molecule has 1 N–H and O–H groups in total. The Labute approximate surface area is 154 Å². The molecule has 3 rings (SSSR count). The van der Waals surface area contributed by atoms with Crippen molar-refractivity contribution in [3.8, 4) is 0 Å². The highest BCUT2D eigenvalue weighted by Gasteiger charge is 2.34. The number of hydrogen-bond acceptors (Lipinski definition) is 6. The maximum Gasteiger partial charge on any atom is 0.417 e. The van der Waals surface area contributed by atoms with E-state index in [1.165, 1.54) is 0 Å². The van der Waals surface area contributed by atoms with E-state index in [1.807, 2.05) is 0 Å². The minimum Gasteiger partial charge on any atom is -0.423 e. The van der Waals surface area contributed by atoms with Crippen LogP contribution in [0.5, 0.6) is 0 Å². The lowest BCUT2D eigenvalue weighted by molar-refractivity contribution is -0.384. The van der Waals surface area contributed by atoms with Crippen molar-refractivity contribution >= 4 is 32.4 Å². The second kappa shape index (κ2) is 6.64. The average Bonchev–Trinajstić information content (AvgIpc) is 2.59. The number of sulfonamides is 1. The van der Waals surface area contributed by atoms with E-state index in [0.717, 1.165) is 42.5 Å². The van der Waals surface area contributed by atoms with Crippen LogP contribution in [0.15, 0.2) is 62.6 Å². The van der Waals surface area contributed by atoms with Gasteiger partial charge in [-0.2, -0.15) is 13.2 Å². The van der Waals surface area contributed by atoms with Crippen molar-refractivity contribution < 1.29 is 30.9 Å². The van der Waals surface area contributed by atoms with Gasteiger partial charge in [0.05, 0.1) is 21.1 Å². The molecule has 0 atom stereocenters. The Morgan fingerprint density at radius 1 is 1.04 bits per heavy atom. The average molecular weight is 414 g/mol. The van der Waals surface area contributed by atoms with Crippen LogP contribution >= 0.6 is 0 Å². The molecular weight excluding hydrogens is 405 g/mol. The minimum absolute atomic E-state index is 0.159. The molecule has 0 fully saturated rings. The molecule has 12 heteroatoms. The number of non-ortho nitro benzene ring substituents is 1. The molecule has 0 saturated heterocycles. The van der Waals surface area contributed by atoms with Crippen LogP contribution in [0.1, 0.15) is 5.56 Å². The number of nitro groups is 1. The number of anilines is 1. The molecule has 28 heavy (non-hydrogen) atoms. The van der Waals surface area contributed by atoms with Gasteiger partial charge in [0.25, 0.3) is 15.7 Å². The van der Waals surface area contributed by atoms with Crippen molar-refractivity contribution in [2.24, 2.45) is 0 Å². The topological polar surface area (TPSA) is 120 Å². The Morgan fingerprint density at radius 3 is 2.25 bits per heavy atom. The van der Waals surface area contributed by atoms with E-state index in [-0.39, 0.29) is 16.3 Å². The number of benzene rings is 2. The summed E-state index contributed by atoms with van der Waals surface area (Å²) < 4.78 is 70.7. The number of fused-ring (bicyclic) bond motifs is 1. The molecule has 0 aliphatic heterocycles. The molecule has 1 aromatic heterocycles. The smallest absolute Gasteiger partial charge is 0.417 e. The lowest BCUT2D eigenvalue weighted by atomic mass is 10.1. The monoisotopic (exact) mass is 414 g/mol. The van der Waals surface area contributed by atoms with Crippen molar-refractivity contribution in [1.82, 2.24) is 0 Å². The van der Waals surface area contributed by atoms with Crippen molar-refractivity contribution in [2.45, 2.75) is 11.1 Å². The molecule has 0 unspecified atom stereocenters. The first-order valence-corrected chi connectivity index (χ1v) is 8.88. The molecule has 1 heterocycles. The van der Waals surface area contributed by atoms with Gasteiger partial charge in [-0.3, -0.25) is 14.8 Å². The highest BCUT2D eigenvalue weighted by molar-refractivity contribution is 7.92. The molecule has 2 aromatic carbocycles. The van der Waals surface area contributed by atoms with Crippen LogP contribution in [0.4, 0.5) is 24.5 Å². The molecule has 0 radical (unpaired) electrons. The van der Waals surface area contributed by atoms with Crippen LogP contribution in [0, 0.1) is 10.1 Å². The Balaban J connectivity index is 2.00. The van der Waals surface area contributed by atoms with E-state index in [1.54, 1.807) is 0 Å². The predicted octanol–water partition coefficient (Wildman–Crippen LogP) is 3.52. The van der Waals surface area contributed by atoms with Gasteiger partial charge in [0.1, 0.15) is 5.58 Å². The van der Waals surface area contributed by atoms with Gasteiger partial charge in [-0.25, -0.2) is 13.2 Å². The second-order valence-corrected chi connectivity index (χ2v) is 7.23. The highest BCUT2D eigenvalue weighted by atomic mass is 32.2. The number of halogens is 3. The summed E-state index contributed by atoms with van der Waals surface area (Å²) in [6, 6.07) is 7.27. The number of nitrogens with one attached hydrogen (secondary N) is 1. The number of alkyl halides is 3. The summed E-state index contributed by atoms with van der Waals surface area (Å²) >= 11 is 0. The van der Waals surface area contributed by atoms with Crippen molar-refractivity contribution in [1.29, 1.82) is 0 Å². The maximum atomic E-state index is 13.0. The van der Waals surface area contributed by atoms with E-state index >= 15 is 0 Å². The molecule has 3 aromatic rings. The summed E-state index contributed by atoms with van der Waals surface area (Å²) in [6.45, 7) is 0. The van der Waals surface area contributed by atoms with Crippen LogP contribution in [-0.4, -0.2) is 13.3 Å². The van der Waals surface area contributed by atoms with E-state index in [2.05, 4.69) is 4.72 Å². The zero-order valence-corrected chi connectivity index (χ0v) is 14.4. The summed E-state index contributed by atoms with van der Waals surface area (Å²) in [5.41, 5.74) is -3.37. The maximum absolute atomic E-state index is 13.0. The van der Waals surface area contributed by atoms with Crippen LogP contribution in [0.2, 0.25) is 0 Å².